The van der Waals surface area contributed by atoms with Crippen LogP contribution in [0.5, 0.6) is 5.75 Å². The number of carbonyl (C=O) groups excluding carboxylic acids is 4. The third-order valence-corrected chi connectivity index (χ3v) is 10.4. The number of hydrogen-bond acceptors (Lipinski definition) is 11. The summed E-state index contributed by atoms with van der Waals surface area (Å²) in [4.78, 5) is 55.6. The summed E-state index contributed by atoms with van der Waals surface area (Å²) in [6.07, 6.45) is 1.68. The van der Waals surface area contributed by atoms with Crippen LogP contribution in [-0.2, 0) is 39.8 Å². The quantitative estimate of drug-likeness (QED) is 0.277. The van der Waals surface area contributed by atoms with Crippen LogP contribution in [0.4, 0.5) is 10.5 Å². The fraction of sp³-hybridized carbons (Fsp3) is 0.600. The molecule has 5 rings (SSSR count). The molecular weight excluding hydrogens is 690 g/mol. The van der Waals surface area contributed by atoms with Gasteiger partial charge in [0.15, 0.2) is 5.72 Å². The van der Waals surface area contributed by atoms with Gasteiger partial charge in [-0.25, -0.2) is 9.59 Å². The number of carbonyl (C=O) groups is 4. The van der Waals surface area contributed by atoms with Crippen molar-refractivity contribution in [3.05, 3.63) is 46.5 Å². The number of amides is 3. The van der Waals surface area contributed by atoms with Crippen LogP contribution in [0.3, 0.4) is 0 Å². The Morgan fingerprint density at radius 2 is 1.92 bits per heavy atom. The Kier molecular flexibility index (Phi) is 12.3. The summed E-state index contributed by atoms with van der Waals surface area (Å²) in [7, 11) is 5.97. The van der Waals surface area contributed by atoms with E-state index in [0.29, 0.717) is 23.6 Å². The summed E-state index contributed by atoms with van der Waals surface area (Å²) >= 11 is 10.8. The first-order valence-corrected chi connectivity index (χ1v) is 17.4. The summed E-state index contributed by atoms with van der Waals surface area (Å²) in [6, 6.07) is 2.60. The predicted octanol–water partition coefficient (Wildman–Crippen LogP) is 3.98. The molecule has 13 nitrogen and oxygen atoms in total. The van der Waals surface area contributed by atoms with E-state index in [9.17, 15) is 24.3 Å². The number of fused-ring (bicyclic) bond motifs is 6. The smallest absolute Gasteiger partial charge is 0.409 e. The zero-order valence-corrected chi connectivity index (χ0v) is 31.4. The van der Waals surface area contributed by atoms with Gasteiger partial charge in [0.05, 0.1) is 19.2 Å². The van der Waals surface area contributed by atoms with E-state index in [1.807, 2.05) is 13.0 Å². The lowest BCUT2D eigenvalue weighted by Crippen LogP contribution is -2.72. The highest BCUT2D eigenvalue weighted by Gasteiger charge is 2.63. The Labute approximate surface area is 303 Å². The Balaban J connectivity index is 1.78. The van der Waals surface area contributed by atoms with Crippen LogP contribution in [0, 0.1) is 0 Å². The van der Waals surface area contributed by atoms with Crippen molar-refractivity contribution in [2.24, 2.45) is 0 Å². The zero-order valence-electron chi connectivity index (χ0n) is 29.8. The molecule has 15 heteroatoms. The first-order chi connectivity index (χ1) is 23.4. The van der Waals surface area contributed by atoms with Gasteiger partial charge in [0.2, 0.25) is 11.8 Å². The molecule has 0 unspecified atom stereocenters. The number of rotatable bonds is 7. The van der Waals surface area contributed by atoms with Crippen LogP contribution >= 0.6 is 24.2 Å². The molecule has 0 aliphatic carbocycles. The fourth-order valence-corrected chi connectivity index (χ4v) is 7.29. The molecule has 0 spiro atoms. The number of nitrogens with one attached hydrogen (secondary N) is 1. The molecule has 4 heterocycles. The number of nitrogens with zero attached hydrogens (tertiary/aromatic N) is 2. The first-order valence-electron chi connectivity index (χ1n) is 16.4. The molecule has 6 bridgehead atoms. The number of hydrogen-bond donors (Lipinski definition) is 3. The Hall–Kier alpha value is -3.30. The van der Waals surface area contributed by atoms with Crippen LogP contribution in [0.2, 0.25) is 5.02 Å². The van der Waals surface area contributed by atoms with Crippen LogP contribution in [0.15, 0.2) is 35.9 Å². The molecule has 1 aromatic carbocycles. The lowest BCUT2D eigenvalue weighted by atomic mass is 9.72. The maximum Gasteiger partial charge on any atom is 0.409 e. The summed E-state index contributed by atoms with van der Waals surface area (Å²) in [5, 5.41) is 14.4. The molecule has 4 aliphatic heterocycles. The normalized spacial score (nSPS) is 32.3. The largest absolute Gasteiger partial charge is 0.495 e. The number of aliphatic hydroxyl groups is 1. The summed E-state index contributed by atoms with van der Waals surface area (Å²) < 4.78 is 29.3. The molecule has 276 valence electrons. The van der Waals surface area contributed by atoms with E-state index in [4.69, 9.17) is 35.3 Å². The molecular formula is C35H48ClN3O10S. The minimum atomic E-state index is -1.85. The van der Waals surface area contributed by atoms with Gasteiger partial charge in [-0.1, -0.05) is 35.4 Å². The van der Waals surface area contributed by atoms with Crippen LogP contribution in [-0.4, -0.2) is 109 Å². The number of halogens is 1. The average molecular weight is 738 g/mol. The highest BCUT2D eigenvalue weighted by Crippen LogP contribution is 2.50. The number of methoxy groups -OCH3 is 2. The Morgan fingerprint density at radius 3 is 2.54 bits per heavy atom. The van der Waals surface area contributed by atoms with E-state index in [1.54, 1.807) is 45.2 Å². The van der Waals surface area contributed by atoms with Crippen molar-refractivity contribution in [2.75, 3.05) is 39.0 Å². The summed E-state index contributed by atoms with van der Waals surface area (Å²) in [5.41, 5.74) is -2.11. The van der Waals surface area contributed by atoms with E-state index in [2.05, 4.69) is 17.9 Å². The van der Waals surface area contributed by atoms with E-state index in [0.717, 1.165) is 11.1 Å². The minimum absolute atomic E-state index is 0.0950. The molecule has 4 aliphatic rings. The molecule has 2 fully saturated rings. The summed E-state index contributed by atoms with van der Waals surface area (Å²) in [5.74, 6) is -0.793. The highest BCUT2D eigenvalue weighted by atomic mass is 35.5. The monoisotopic (exact) mass is 737 g/mol. The van der Waals surface area contributed by atoms with Crippen molar-refractivity contribution >= 4 is 53.8 Å². The fourth-order valence-electron chi connectivity index (χ4n) is 6.78. The molecule has 0 saturated carbocycles. The number of esters is 1. The molecule has 50 heavy (non-hydrogen) atoms. The maximum absolute atomic E-state index is 14.0. The molecule has 7 atom stereocenters. The van der Waals surface area contributed by atoms with Gasteiger partial charge in [0.1, 0.15) is 46.3 Å². The second kappa shape index (κ2) is 15.5. The lowest BCUT2D eigenvalue weighted by Gasteiger charge is -2.59. The van der Waals surface area contributed by atoms with E-state index >= 15 is 0 Å². The SMILES string of the molecule is COc1cc2cc(c1Cl)N(C)C(=O)C[C@H](OC(=O)[C@H](C)N(C)C(=O)CCS)[C@@]1(C)C[C@](C)(O1)[C@@H]1C[C@@](O)(NC(=O)O1)[C@H](OC)/C=C/C=C(\C)C2. The lowest BCUT2D eigenvalue weighted by molar-refractivity contribution is -0.328. The predicted molar refractivity (Wildman–Crippen MR) is 189 cm³/mol. The van der Waals surface area contributed by atoms with Gasteiger partial charge >= 0.3 is 12.1 Å². The zero-order chi connectivity index (χ0) is 37.2. The van der Waals surface area contributed by atoms with Gasteiger partial charge in [0, 0.05) is 40.5 Å². The number of thiol groups is 1. The van der Waals surface area contributed by atoms with Crippen molar-refractivity contribution in [2.45, 2.75) is 101 Å². The number of allylic oxidation sites excluding steroid dienone is 3. The van der Waals surface area contributed by atoms with Gasteiger partial charge in [0.25, 0.3) is 0 Å². The highest BCUT2D eigenvalue weighted by molar-refractivity contribution is 7.80. The van der Waals surface area contributed by atoms with Crippen LogP contribution in [0.25, 0.3) is 0 Å². The average Bonchev–Trinajstić information content (AvgIpc) is 3.04. The molecule has 0 radical (unpaired) electrons. The van der Waals surface area contributed by atoms with Gasteiger partial charge in [-0.05, 0) is 57.6 Å². The van der Waals surface area contributed by atoms with E-state index < -0.39 is 59.3 Å². The molecule has 3 amide bonds. The number of likely N-dealkylation sites (N-methyl/N-ethyl adjacent to an activating group) is 1. The van der Waals surface area contributed by atoms with Gasteiger partial charge < -0.3 is 38.6 Å². The van der Waals surface area contributed by atoms with Crippen LogP contribution in [0.1, 0.15) is 58.9 Å². The second-order valence-corrected chi connectivity index (χ2v) is 14.5. The van der Waals surface area contributed by atoms with E-state index in [-0.39, 0.29) is 36.6 Å². The number of anilines is 1. The Bertz CT molecular complexity index is 1550. The Morgan fingerprint density at radius 1 is 1.24 bits per heavy atom. The van der Waals surface area contributed by atoms with Gasteiger partial charge in [-0.2, -0.15) is 12.6 Å². The second-order valence-electron chi connectivity index (χ2n) is 13.7. The molecule has 2 N–H and O–H groups in total. The van der Waals surface area contributed by atoms with Crippen molar-refractivity contribution in [3.8, 4) is 5.75 Å². The standard InChI is InChI=1S/C35H48ClN3O10S/c1-20-10-9-11-25(46-8)35(44)18-27(48-32(43)37-35)34(4)19-33(3,49-34)26(47-31(42)21(2)38(5)28(40)12-13-50)17-29(41)39(6)23-15-22(14-20)16-24(45-7)30(23)36/h9-11,15-16,21,25-27,44,50H,12-14,17-19H2,1-8H3,(H,37,43)/b11-9+,20-10+/t21-,25+,26-,27-,33+,34-,35-/m0/s1. The number of benzene rings is 1. The van der Waals surface area contributed by atoms with Crippen molar-refractivity contribution in [1.29, 1.82) is 0 Å². The van der Waals surface area contributed by atoms with Gasteiger partial charge in [-0.3, -0.25) is 14.9 Å². The van der Waals surface area contributed by atoms with E-state index in [1.165, 1.54) is 38.0 Å². The number of alkyl carbamates (subject to hydrolysis) is 1. The topological polar surface area (TPSA) is 153 Å². The molecule has 2 saturated heterocycles. The molecule has 1 aromatic rings. The third-order valence-electron chi connectivity index (χ3n) is 9.76. The van der Waals surface area contributed by atoms with Crippen molar-refractivity contribution in [1.82, 2.24) is 10.2 Å². The van der Waals surface area contributed by atoms with Gasteiger partial charge in [-0.15, -0.1) is 0 Å². The first kappa shape index (κ1) is 39.5. The van der Waals surface area contributed by atoms with Crippen molar-refractivity contribution in [3.63, 3.8) is 0 Å². The van der Waals surface area contributed by atoms with Crippen molar-refractivity contribution < 1.29 is 48.0 Å². The minimum Gasteiger partial charge on any atom is -0.495 e. The van der Waals surface area contributed by atoms with Crippen LogP contribution < -0.4 is 15.0 Å². The maximum atomic E-state index is 14.0. The summed E-state index contributed by atoms with van der Waals surface area (Å²) in [6.45, 7) is 6.88. The third kappa shape index (κ3) is 8.25. The molecule has 0 aromatic heterocycles. The number of ether oxygens (including phenoxy) is 5.